The number of nitrogens with one attached hydrogen (secondary N) is 1. The standard InChI is InChI=1S/C17H16F3N5O2/c18-17(19,20)27-13-2-1-11-7-15(23-14(11)8-13)16(26)24-5-3-12(4-6-24)25-10-21-9-22-25/h1-2,7-10,12,23H,3-6H2. The van der Waals surface area contributed by atoms with Crippen molar-refractivity contribution in [1.29, 1.82) is 0 Å². The van der Waals surface area contributed by atoms with E-state index in [0.717, 1.165) is 12.8 Å². The van der Waals surface area contributed by atoms with Crippen LogP contribution in [0.4, 0.5) is 13.2 Å². The Bertz CT molecular complexity index is 943. The summed E-state index contributed by atoms with van der Waals surface area (Å²) >= 11 is 0. The number of alkyl halides is 3. The first kappa shape index (κ1) is 17.4. The molecular formula is C17H16F3N5O2. The van der Waals surface area contributed by atoms with Gasteiger partial charge in [0, 0.05) is 30.1 Å². The Balaban J connectivity index is 1.46. The van der Waals surface area contributed by atoms with Crippen LogP contribution in [0.15, 0.2) is 36.9 Å². The topological polar surface area (TPSA) is 76.0 Å². The number of ether oxygens (including phenoxy) is 1. The van der Waals surface area contributed by atoms with E-state index in [9.17, 15) is 18.0 Å². The number of benzene rings is 1. The number of fused-ring (bicyclic) bond motifs is 1. The molecular weight excluding hydrogens is 363 g/mol. The normalized spacial score (nSPS) is 16.0. The minimum atomic E-state index is -4.76. The minimum absolute atomic E-state index is 0.179. The van der Waals surface area contributed by atoms with Gasteiger partial charge in [0.15, 0.2) is 0 Å². The van der Waals surface area contributed by atoms with Crippen LogP contribution < -0.4 is 4.74 Å². The van der Waals surface area contributed by atoms with Crippen molar-refractivity contribution in [2.24, 2.45) is 0 Å². The summed E-state index contributed by atoms with van der Waals surface area (Å²) < 4.78 is 42.8. The lowest BCUT2D eigenvalue weighted by Gasteiger charge is -2.31. The lowest BCUT2D eigenvalue weighted by molar-refractivity contribution is -0.274. The SMILES string of the molecule is O=C(c1cc2ccc(OC(F)(F)F)cc2[nH]1)N1CCC(n2cncn2)CC1. The van der Waals surface area contributed by atoms with E-state index >= 15 is 0 Å². The molecule has 7 nitrogen and oxygen atoms in total. The fourth-order valence-electron chi connectivity index (χ4n) is 3.33. The number of aromatic nitrogens is 4. The van der Waals surface area contributed by atoms with Gasteiger partial charge in [0.05, 0.1) is 6.04 Å². The molecule has 3 heterocycles. The van der Waals surface area contributed by atoms with E-state index < -0.39 is 6.36 Å². The molecule has 1 aliphatic heterocycles. The maximum Gasteiger partial charge on any atom is 0.573 e. The Labute approximate surface area is 151 Å². The van der Waals surface area contributed by atoms with E-state index in [0.29, 0.717) is 29.7 Å². The molecule has 10 heteroatoms. The molecule has 0 unspecified atom stereocenters. The van der Waals surface area contributed by atoms with E-state index in [-0.39, 0.29) is 17.7 Å². The van der Waals surface area contributed by atoms with Crippen molar-refractivity contribution in [3.05, 3.63) is 42.6 Å². The fraction of sp³-hybridized carbons (Fsp3) is 0.353. The molecule has 0 saturated carbocycles. The minimum Gasteiger partial charge on any atom is -0.406 e. The van der Waals surface area contributed by atoms with E-state index in [2.05, 4.69) is 19.8 Å². The number of amides is 1. The molecule has 1 saturated heterocycles. The summed E-state index contributed by atoms with van der Waals surface area (Å²) in [6, 6.07) is 5.79. The lowest BCUT2D eigenvalue weighted by atomic mass is 10.1. The van der Waals surface area contributed by atoms with Crippen LogP contribution >= 0.6 is 0 Å². The summed E-state index contributed by atoms with van der Waals surface area (Å²) in [7, 11) is 0. The van der Waals surface area contributed by atoms with Gasteiger partial charge in [-0.05, 0) is 31.0 Å². The van der Waals surface area contributed by atoms with Crippen LogP contribution in [0.5, 0.6) is 5.75 Å². The van der Waals surface area contributed by atoms with Crippen LogP contribution in [0.1, 0.15) is 29.4 Å². The maximum absolute atomic E-state index is 12.7. The summed E-state index contributed by atoms with van der Waals surface area (Å²) in [6.07, 6.45) is -0.0790. The van der Waals surface area contributed by atoms with Crippen molar-refractivity contribution in [3.8, 4) is 5.75 Å². The third-order valence-corrected chi connectivity index (χ3v) is 4.62. The highest BCUT2D eigenvalue weighted by atomic mass is 19.4. The summed E-state index contributed by atoms with van der Waals surface area (Å²) in [5, 5.41) is 4.78. The molecule has 1 amide bonds. The Morgan fingerprint density at radius 3 is 2.67 bits per heavy atom. The Morgan fingerprint density at radius 1 is 1.22 bits per heavy atom. The van der Waals surface area contributed by atoms with Gasteiger partial charge in [-0.2, -0.15) is 5.10 Å². The Morgan fingerprint density at radius 2 is 2.00 bits per heavy atom. The molecule has 1 aromatic carbocycles. The van der Waals surface area contributed by atoms with Crippen LogP contribution in [0.25, 0.3) is 10.9 Å². The van der Waals surface area contributed by atoms with Gasteiger partial charge >= 0.3 is 6.36 Å². The number of piperidine rings is 1. The van der Waals surface area contributed by atoms with E-state index in [4.69, 9.17) is 0 Å². The summed E-state index contributed by atoms with van der Waals surface area (Å²) in [4.78, 5) is 21.3. The zero-order valence-electron chi connectivity index (χ0n) is 14.1. The van der Waals surface area contributed by atoms with Crippen molar-refractivity contribution in [2.75, 3.05) is 13.1 Å². The highest BCUT2D eigenvalue weighted by Gasteiger charge is 2.31. The number of H-pyrrole nitrogens is 1. The van der Waals surface area contributed by atoms with Crippen molar-refractivity contribution in [2.45, 2.75) is 25.2 Å². The van der Waals surface area contributed by atoms with E-state index in [1.807, 2.05) is 0 Å². The number of hydrogen-bond acceptors (Lipinski definition) is 4. The van der Waals surface area contributed by atoms with E-state index in [1.54, 1.807) is 22.0 Å². The van der Waals surface area contributed by atoms with Crippen LogP contribution in [0, 0.1) is 0 Å². The number of rotatable bonds is 3. The number of nitrogens with zero attached hydrogens (tertiary/aromatic N) is 4. The third kappa shape index (κ3) is 3.74. The average molecular weight is 379 g/mol. The molecule has 2 aromatic heterocycles. The van der Waals surface area contributed by atoms with Crippen LogP contribution in [0.3, 0.4) is 0 Å². The third-order valence-electron chi connectivity index (χ3n) is 4.62. The van der Waals surface area contributed by atoms with Crippen LogP contribution in [-0.4, -0.2) is 50.0 Å². The van der Waals surface area contributed by atoms with Crippen molar-refractivity contribution < 1.29 is 22.7 Å². The van der Waals surface area contributed by atoms with Gasteiger partial charge in [-0.1, -0.05) is 0 Å². The zero-order chi connectivity index (χ0) is 19.0. The molecule has 27 heavy (non-hydrogen) atoms. The second-order valence-electron chi connectivity index (χ2n) is 6.38. The van der Waals surface area contributed by atoms with Crippen molar-refractivity contribution in [3.63, 3.8) is 0 Å². The van der Waals surface area contributed by atoms with Gasteiger partial charge in [-0.25, -0.2) is 9.67 Å². The number of aromatic amines is 1. The van der Waals surface area contributed by atoms with E-state index in [1.165, 1.54) is 24.5 Å². The lowest BCUT2D eigenvalue weighted by Crippen LogP contribution is -2.39. The van der Waals surface area contributed by atoms with Gasteiger partial charge in [0.2, 0.25) is 0 Å². The molecule has 1 N–H and O–H groups in total. The summed E-state index contributed by atoms with van der Waals surface area (Å²) in [5.41, 5.74) is 0.756. The zero-order valence-corrected chi connectivity index (χ0v) is 14.1. The first-order valence-electron chi connectivity index (χ1n) is 8.41. The molecule has 1 aliphatic rings. The van der Waals surface area contributed by atoms with Gasteiger partial charge in [-0.15, -0.1) is 13.2 Å². The monoisotopic (exact) mass is 379 g/mol. The molecule has 4 rings (SSSR count). The van der Waals surface area contributed by atoms with Crippen molar-refractivity contribution >= 4 is 16.8 Å². The first-order chi connectivity index (χ1) is 12.9. The average Bonchev–Trinajstić information content (AvgIpc) is 3.29. The Hall–Kier alpha value is -3.04. The largest absolute Gasteiger partial charge is 0.573 e. The number of likely N-dealkylation sites (tertiary alicyclic amines) is 1. The smallest absolute Gasteiger partial charge is 0.406 e. The van der Waals surface area contributed by atoms with Crippen LogP contribution in [-0.2, 0) is 0 Å². The molecule has 3 aromatic rings. The molecule has 0 atom stereocenters. The first-order valence-corrected chi connectivity index (χ1v) is 8.41. The predicted octanol–water partition coefficient (Wildman–Crippen LogP) is 3.14. The van der Waals surface area contributed by atoms with Crippen molar-refractivity contribution in [1.82, 2.24) is 24.6 Å². The molecule has 1 fully saturated rings. The Kier molecular flexibility index (Phi) is 4.25. The van der Waals surface area contributed by atoms with Gasteiger partial charge < -0.3 is 14.6 Å². The number of carbonyl (C=O) groups excluding carboxylic acids is 1. The second kappa shape index (κ2) is 6.60. The predicted molar refractivity (Wildman–Crippen MR) is 89.2 cm³/mol. The van der Waals surface area contributed by atoms with Crippen LogP contribution in [0.2, 0.25) is 0 Å². The number of halogens is 3. The number of carbonyl (C=O) groups is 1. The molecule has 0 bridgehead atoms. The molecule has 142 valence electrons. The van der Waals surface area contributed by atoms with Gasteiger partial charge in [0.25, 0.3) is 5.91 Å². The second-order valence-corrected chi connectivity index (χ2v) is 6.38. The highest BCUT2D eigenvalue weighted by molar-refractivity contribution is 5.98. The van der Waals surface area contributed by atoms with Gasteiger partial charge in [-0.3, -0.25) is 4.79 Å². The van der Waals surface area contributed by atoms with Gasteiger partial charge in [0.1, 0.15) is 24.1 Å². The summed E-state index contributed by atoms with van der Waals surface area (Å²) in [6.45, 7) is 1.14. The summed E-state index contributed by atoms with van der Waals surface area (Å²) in [5.74, 6) is -0.508. The quantitative estimate of drug-likeness (QED) is 0.759. The molecule has 0 spiro atoms. The highest BCUT2D eigenvalue weighted by Crippen LogP contribution is 2.28. The maximum atomic E-state index is 12.7. The molecule has 0 radical (unpaired) electrons. The fourth-order valence-corrected chi connectivity index (χ4v) is 3.33. The number of hydrogen-bond donors (Lipinski definition) is 1. The molecule has 0 aliphatic carbocycles.